The Bertz CT molecular complexity index is 522. The van der Waals surface area contributed by atoms with E-state index in [1.807, 2.05) is 42.1 Å². The van der Waals surface area contributed by atoms with Gasteiger partial charge in [0, 0.05) is 32.2 Å². The maximum absolute atomic E-state index is 5.53. The van der Waals surface area contributed by atoms with Gasteiger partial charge in [-0.05, 0) is 31.2 Å². The van der Waals surface area contributed by atoms with Gasteiger partial charge in [-0.25, -0.2) is 4.98 Å². The van der Waals surface area contributed by atoms with Crippen molar-refractivity contribution in [2.45, 2.75) is 13.0 Å². The molecule has 0 amide bonds. The molecule has 1 heterocycles. The van der Waals surface area contributed by atoms with Crippen LogP contribution in [0.4, 0.5) is 5.69 Å². The molecule has 0 aliphatic heterocycles. The molecule has 0 fully saturated rings. The van der Waals surface area contributed by atoms with Crippen LogP contribution in [0.15, 0.2) is 36.7 Å². The van der Waals surface area contributed by atoms with Gasteiger partial charge >= 0.3 is 0 Å². The van der Waals surface area contributed by atoms with Gasteiger partial charge in [-0.1, -0.05) is 0 Å². The average molecular weight is 275 g/mol. The lowest BCUT2D eigenvalue weighted by Gasteiger charge is -2.15. The maximum Gasteiger partial charge on any atom is 0.130 e. The predicted octanol–water partition coefficient (Wildman–Crippen LogP) is 2.62. The van der Waals surface area contributed by atoms with Crippen molar-refractivity contribution in [3.05, 3.63) is 42.5 Å². The summed E-state index contributed by atoms with van der Waals surface area (Å²) in [4.78, 5) is 4.34. The molecule has 5 nitrogen and oxygen atoms in total. The molecular formula is C15H21N3O2. The number of aromatic nitrogens is 2. The minimum atomic E-state index is 0.148. The van der Waals surface area contributed by atoms with Gasteiger partial charge in [-0.3, -0.25) is 0 Å². The van der Waals surface area contributed by atoms with Gasteiger partial charge in [-0.2, -0.15) is 0 Å². The number of rotatable bonds is 7. The van der Waals surface area contributed by atoms with Crippen molar-refractivity contribution in [3.63, 3.8) is 0 Å². The second kappa shape index (κ2) is 6.96. The fourth-order valence-corrected chi connectivity index (χ4v) is 2.00. The van der Waals surface area contributed by atoms with Crippen molar-refractivity contribution in [1.29, 1.82) is 0 Å². The van der Waals surface area contributed by atoms with E-state index in [1.54, 1.807) is 13.3 Å². The Morgan fingerprint density at radius 3 is 2.60 bits per heavy atom. The molecule has 0 bridgehead atoms. The number of nitrogens with zero attached hydrogens (tertiary/aromatic N) is 2. The summed E-state index contributed by atoms with van der Waals surface area (Å²) in [7, 11) is 3.66. The van der Waals surface area contributed by atoms with Gasteiger partial charge in [0.15, 0.2) is 0 Å². The van der Waals surface area contributed by atoms with Crippen molar-refractivity contribution in [2.24, 2.45) is 7.05 Å². The first-order valence-corrected chi connectivity index (χ1v) is 6.66. The smallest absolute Gasteiger partial charge is 0.130 e. The Morgan fingerprint density at radius 1 is 1.25 bits per heavy atom. The van der Waals surface area contributed by atoms with Crippen molar-refractivity contribution in [1.82, 2.24) is 9.55 Å². The van der Waals surface area contributed by atoms with Crippen molar-refractivity contribution in [3.8, 4) is 5.75 Å². The third-order valence-electron chi connectivity index (χ3n) is 3.04. The van der Waals surface area contributed by atoms with Crippen LogP contribution < -0.4 is 10.1 Å². The zero-order valence-electron chi connectivity index (χ0n) is 12.2. The number of hydrogen-bond donors (Lipinski definition) is 1. The summed E-state index contributed by atoms with van der Waals surface area (Å²) in [6.45, 7) is 3.24. The van der Waals surface area contributed by atoms with Crippen molar-refractivity contribution in [2.75, 3.05) is 25.6 Å². The van der Waals surface area contributed by atoms with Crippen molar-refractivity contribution >= 4 is 5.69 Å². The summed E-state index contributed by atoms with van der Waals surface area (Å²) in [5.41, 5.74) is 1.04. The van der Waals surface area contributed by atoms with Gasteiger partial charge in [-0.15, -0.1) is 0 Å². The monoisotopic (exact) mass is 275 g/mol. The summed E-state index contributed by atoms with van der Waals surface area (Å²) >= 11 is 0. The number of benzene rings is 1. The van der Waals surface area contributed by atoms with Gasteiger partial charge in [0.2, 0.25) is 0 Å². The number of methoxy groups -OCH3 is 1. The number of imidazole rings is 1. The maximum atomic E-state index is 5.53. The predicted molar refractivity (Wildman–Crippen MR) is 79.1 cm³/mol. The van der Waals surface area contributed by atoms with Gasteiger partial charge in [0.05, 0.1) is 12.6 Å². The SMILES string of the molecule is COCCOc1ccc(NC(C)c2nccn2C)cc1. The van der Waals surface area contributed by atoms with Crippen molar-refractivity contribution < 1.29 is 9.47 Å². The molecule has 0 aliphatic rings. The van der Waals surface area contributed by atoms with Crippen LogP contribution in [0.5, 0.6) is 5.75 Å². The Morgan fingerprint density at radius 2 is 2.00 bits per heavy atom. The molecule has 1 atom stereocenters. The molecular weight excluding hydrogens is 254 g/mol. The van der Waals surface area contributed by atoms with E-state index in [0.717, 1.165) is 17.3 Å². The second-order valence-electron chi connectivity index (χ2n) is 4.63. The Hall–Kier alpha value is -2.01. The molecule has 0 saturated heterocycles. The van der Waals surface area contributed by atoms with Gasteiger partial charge < -0.3 is 19.4 Å². The Labute approximate surface area is 119 Å². The van der Waals surface area contributed by atoms with E-state index < -0.39 is 0 Å². The molecule has 5 heteroatoms. The lowest BCUT2D eigenvalue weighted by Crippen LogP contribution is -2.11. The highest BCUT2D eigenvalue weighted by atomic mass is 16.5. The molecule has 0 spiro atoms. The summed E-state index contributed by atoms with van der Waals surface area (Å²) in [5, 5.41) is 3.42. The highest BCUT2D eigenvalue weighted by Gasteiger charge is 2.09. The van der Waals surface area contributed by atoms with E-state index >= 15 is 0 Å². The zero-order chi connectivity index (χ0) is 14.4. The van der Waals surface area contributed by atoms with Crippen LogP contribution >= 0.6 is 0 Å². The molecule has 2 rings (SSSR count). The van der Waals surface area contributed by atoms with E-state index in [9.17, 15) is 0 Å². The van der Waals surface area contributed by atoms with Gasteiger partial charge in [0.25, 0.3) is 0 Å². The molecule has 0 aliphatic carbocycles. The number of hydrogen-bond acceptors (Lipinski definition) is 4. The zero-order valence-corrected chi connectivity index (χ0v) is 12.2. The number of aryl methyl sites for hydroxylation is 1. The summed E-state index contributed by atoms with van der Waals surface area (Å²) in [5.74, 6) is 1.85. The third-order valence-corrected chi connectivity index (χ3v) is 3.04. The van der Waals surface area contributed by atoms with Gasteiger partial charge in [0.1, 0.15) is 18.2 Å². The van der Waals surface area contributed by atoms with Crippen LogP contribution in [0.3, 0.4) is 0 Å². The summed E-state index contributed by atoms with van der Waals surface area (Å²) < 4.78 is 12.5. The molecule has 108 valence electrons. The van der Waals surface area contributed by atoms with E-state index in [1.165, 1.54) is 0 Å². The summed E-state index contributed by atoms with van der Waals surface area (Å²) in [6, 6.07) is 8.05. The highest BCUT2D eigenvalue weighted by molar-refractivity contribution is 5.47. The molecule has 0 saturated carbocycles. The molecule has 1 aromatic carbocycles. The molecule has 1 unspecified atom stereocenters. The van der Waals surface area contributed by atoms with E-state index in [-0.39, 0.29) is 6.04 Å². The molecule has 1 aromatic heterocycles. The minimum Gasteiger partial charge on any atom is -0.491 e. The average Bonchev–Trinajstić information content (AvgIpc) is 2.87. The number of ether oxygens (including phenoxy) is 2. The quantitative estimate of drug-likeness (QED) is 0.789. The Kier molecular flexibility index (Phi) is 5.01. The number of anilines is 1. The van der Waals surface area contributed by atoms with Crippen LogP contribution in [-0.4, -0.2) is 29.9 Å². The largest absolute Gasteiger partial charge is 0.491 e. The third kappa shape index (κ3) is 3.74. The molecule has 2 aromatic rings. The lowest BCUT2D eigenvalue weighted by atomic mass is 10.2. The highest BCUT2D eigenvalue weighted by Crippen LogP contribution is 2.20. The minimum absolute atomic E-state index is 0.148. The number of nitrogens with one attached hydrogen (secondary N) is 1. The fourth-order valence-electron chi connectivity index (χ4n) is 2.00. The van der Waals surface area contributed by atoms with E-state index in [0.29, 0.717) is 13.2 Å². The van der Waals surface area contributed by atoms with Crippen LogP contribution in [0.25, 0.3) is 0 Å². The van der Waals surface area contributed by atoms with Crippen LogP contribution in [0.1, 0.15) is 18.8 Å². The first kappa shape index (κ1) is 14.4. The molecule has 0 radical (unpaired) electrons. The topological polar surface area (TPSA) is 48.3 Å². The van der Waals surface area contributed by atoms with E-state index in [2.05, 4.69) is 17.2 Å². The summed E-state index contributed by atoms with van der Waals surface area (Å²) in [6.07, 6.45) is 3.75. The first-order chi connectivity index (χ1) is 9.70. The fraction of sp³-hybridized carbons (Fsp3) is 0.400. The normalized spacial score (nSPS) is 12.2. The second-order valence-corrected chi connectivity index (χ2v) is 4.63. The standard InChI is InChI=1S/C15H21N3O2/c1-12(15-16-8-9-18(15)2)17-13-4-6-14(7-5-13)20-11-10-19-3/h4-9,12,17H,10-11H2,1-3H3. The van der Waals surface area contributed by atoms with Crippen LogP contribution in [-0.2, 0) is 11.8 Å². The van der Waals surface area contributed by atoms with Crippen LogP contribution in [0, 0.1) is 0 Å². The molecule has 1 N–H and O–H groups in total. The van der Waals surface area contributed by atoms with E-state index in [4.69, 9.17) is 9.47 Å². The molecule has 20 heavy (non-hydrogen) atoms. The lowest BCUT2D eigenvalue weighted by molar-refractivity contribution is 0.146. The Balaban J connectivity index is 1.92. The first-order valence-electron chi connectivity index (χ1n) is 6.66. The van der Waals surface area contributed by atoms with Crippen LogP contribution in [0.2, 0.25) is 0 Å².